The van der Waals surface area contributed by atoms with E-state index in [9.17, 15) is 4.79 Å². The van der Waals surface area contributed by atoms with Crippen molar-refractivity contribution in [3.05, 3.63) is 60.4 Å². The molecule has 2 aromatic carbocycles. The van der Waals surface area contributed by atoms with Crippen LogP contribution < -0.4 is 10.2 Å². The van der Waals surface area contributed by atoms with Gasteiger partial charge in [0.2, 0.25) is 0 Å². The summed E-state index contributed by atoms with van der Waals surface area (Å²) in [5, 5.41) is 3.44. The number of fused-ring (bicyclic) bond motifs is 1. The van der Waals surface area contributed by atoms with E-state index in [-0.39, 0.29) is 11.8 Å². The largest absolute Gasteiger partial charge is 0.378 e. The third-order valence-electron chi connectivity index (χ3n) is 6.01. The summed E-state index contributed by atoms with van der Waals surface area (Å²) in [6.45, 7) is 9.05. The van der Waals surface area contributed by atoms with Gasteiger partial charge in [-0.1, -0.05) is 18.2 Å². The lowest BCUT2D eigenvalue weighted by Gasteiger charge is -2.28. The Balaban J connectivity index is 1.53. The highest BCUT2D eigenvalue weighted by Crippen LogP contribution is 2.29. The van der Waals surface area contributed by atoms with Crippen LogP contribution in [-0.4, -0.2) is 51.6 Å². The van der Waals surface area contributed by atoms with E-state index in [2.05, 4.69) is 41.2 Å². The zero-order valence-corrected chi connectivity index (χ0v) is 19.7. The number of nitrogens with one attached hydrogen (secondary N) is 1. The molecule has 8 heteroatoms. The van der Waals surface area contributed by atoms with Gasteiger partial charge in [0.15, 0.2) is 28.6 Å². The van der Waals surface area contributed by atoms with Crippen molar-refractivity contribution in [1.82, 2.24) is 19.5 Å². The highest BCUT2D eigenvalue weighted by atomic mass is 16.5. The Morgan fingerprint density at radius 2 is 1.82 bits per heavy atom. The molecule has 0 radical (unpaired) electrons. The van der Waals surface area contributed by atoms with Crippen LogP contribution in [0.2, 0.25) is 0 Å². The summed E-state index contributed by atoms with van der Waals surface area (Å²) < 4.78 is 7.49. The SMILES string of the molecule is CC(=O)c1cccc(-c2nc(Nc3ccc(N4CCOCC4)cc3)c3ncn(C(C)C)c3n2)c1. The van der Waals surface area contributed by atoms with Crippen LogP contribution in [0.15, 0.2) is 54.9 Å². The molecule has 1 N–H and O–H groups in total. The van der Waals surface area contributed by atoms with E-state index in [4.69, 9.17) is 14.7 Å². The van der Waals surface area contributed by atoms with Gasteiger partial charge in [0.05, 0.1) is 19.5 Å². The molecule has 34 heavy (non-hydrogen) atoms. The monoisotopic (exact) mass is 456 g/mol. The molecule has 1 saturated heterocycles. The first-order chi connectivity index (χ1) is 16.5. The molecule has 1 fully saturated rings. The van der Waals surface area contributed by atoms with Crippen LogP contribution in [0.3, 0.4) is 0 Å². The summed E-state index contributed by atoms with van der Waals surface area (Å²) in [6.07, 6.45) is 1.80. The van der Waals surface area contributed by atoms with Gasteiger partial charge in [-0.05, 0) is 51.1 Å². The molecule has 0 amide bonds. The van der Waals surface area contributed by atoms with Gasteiger partial charge in [0, 0.05) is 41.6 Å². The number of imidazole rings is 1. The van der Waals surface area contributed by atoms with Crippen molar-refractivity contribution in [1.29, 1.82) is 0 Å². The van der Waals surface area contributed by atoms with Gasteiger partial charge in [-0.2, -0.15) is 0 Å². The predicted octanol–water partition coefficient (Wildman–Crippen LogP) is 4.86. The van der Waals surface area contributed by atoms with Crippen LogP contribution >= 0.6 is 0 Å². The number of anilines is 3. The minimum atomic E-state index is 0.00820. The first-order valence-electron chi connectivity index (χ1n) is 11.6. The highest BCUT2D eigenvalue weighted by Gasteiger charge is 2.17. The van der Waals surface area contributed by atoms with Gasteiger partial charge >= 0.3 is 0 Å². The Labute approximate surface area is 198 Å². The highest BCUT2D eigenvalue weighted by molar-refractivity contribution is 5.95. The normalized spacial score (nSPS) is 14.1. The maximum atomic E-state index is 11.9. The third kappa shape index (κ3) is 4.36. The lowest BCUT2D eigenvalue weighted by molar-refractivity contribution is 0.101. The summed E-state index contributed by atoms with van der Waals surface area (Å²) in [5.74, 6) is 1.19. The summed E-state index contributed by atoms with van der Waals surface area (Å²) >= 11 is 0. The summed E-state index contributed by atoms with van der Waals surface area (Å²) in [6, 6.07) is 15.9. The molecule has 1 aliphatic heterocycles. The fraction of sp³-hybridized carbons (Fsp3) is 0.308. The average molecular weight is 457 g/mol. The van der Waals surface area contributed by atoms with Gasteiger partial charge in [0.1, 0.15) is 0 Å². The second-order valence-electron chi connectivity index (χ2n) is 8.72. The molecular formula is C26H28N6O2. The zero-order chi connectivity index (χ0) is 23.7. The molecule has 0 spiro atoms. The fourth-order valence-corrected chi connectivity index (χ4v) is 4.10. The van der Waals surface area contributed by atoms with Crippen molar-refractivity contribution in [3.63, 3.8) is 0 Å². The second-order valence-corrected chi connectivity index (χ2v) is 8.72. The van der Waals surface area contributed by atoms with Crippen molar-refractivity contribution in [3.8, 4) is 11.4 Å². The topological polar surface area (TPSA) is 85.2 Å². The molecule has 8 nitrogen and oxygen atoms in total. The number of nitrogens with zero attached hydrogens (tertiary/aromatic N) is 5. The molecular weight excluding hydrogens is 428 g/mol. The number of benzene rings is 2. The predicted molar refractivity (Wildman–Crippen MR) is 134 cm³/mol. The summed E-state index contributed by atoms with van der Waals surface area (Å²) in [5.41, 5.74) is 4.97. The van der Waals surface area contributed by atoms with Gasteiger partial charge in [-0.3, -0.25) is 4.79 Å². The number of ether oxygens (including phenoxy) is 1. The van der Waals surface area contributed by atoms with Crippen molar-refractivity contribution >= 4 is 34.1 Å². The molecule has 174 valence electrons. The molecule has 3 heterocycles. The van der Waals surface area contributed by atoms with E-state index in [0.29, 0.717) is 22.7 Å². The van der Waals surface area contributed by atoms with E-state index in [1.807, 2.05) is 34.9 Å². The van der Waals surface area contributed by atoms with Gasteiger partial charge < -0.3 is 19.5 Å². The van der Waals surface area contributed by atoms with E-state index < -0.39 is 0 Å². The smallest absolute Gasteiger partial charge is 0.166 e. The standard InChI is InChI=1S/C26H28N6O2/c1-17(2)32-16-27-23-25(28-21-7-9-22(10-8-21)31-11-13-34-14-12-31)29-24(30-26(23)32)20-6-4-5-19(15-20)18(3)33/h4-10,15-17H,11-14H2,1-3H3,(H,28,29,30). The first-order valence-corrected chi connectivity index (χ1v) is 11.6. The minimum absolute atomic E-state index is 0.00820. The van der Waals surface area contributed by atoms with Gasteiger partial charge in [0.25, 0.3) is 0 Å². The molecule has 0 atom stereocenters. The van der Waals surface area contributed by atoms with Crippen LogP contribution in [0, 0.1) is 0 Å². The van der Waals surface area contributed by atoms with Crippen molar-refractivity contribution in [2.45, 2.75) is 26.8 Å². The van der Waals surface area contributed by atoms with Crippen molar-refractivity contribution in [2.75, 3.05) is 36.5 Å². The number of carbonyl (C=O) groups is 1. The second kappa shape index (κ2) is 9.23. The molecule has 5 rings (SSSR count). The molecule has 0 saturated carbocycles. The van der Waals surface area contributed by atoms with Gasteiger partial charge in [-0.25, -0.2) is 15.0 Å². The summed E-state index contributed by atoms with van der Waals surface area (Å²) in [7, 11) is 0. The Morgan fingerprint density at radius 1 is 1.06 bits per heavy atom. The maximum Gasteiger partial charge on any atom is 0.166 e. The Kier molecular flexibility index (Phi) is 5.98. The van der Waals surface area contributed by atoms with Crippen LogP contribution in [0.1, 0.15) is 37.2 Å². The van der Waals surface area contributed by atoms with Crippen LogP contribution in [0.5, 0.6) is 0 Å². The van der Waals surface area contributed by atoms with E-state index in [1.165, 1.54) is 5.69 Å². The number of hydrogen-bond acceptors (Lipinski definition) is 7. The average Bonchev–Trinajstić information content (AvgIpc) is 3.30. The Bertz CT molecular complexity index is 1320. The Morgan fingerprint density at radius 3 is 2.53 bits per heavy atom. The zero-order valence-electron chi connectivity index (χ0n) is 19.7. The molecule has 0 bridgehead atoms. The number of morpholine rings is 1. The lowest BCUT2D eigenvalue weighted by atomic mass is 10.1. The minimum Gasteiger partial charge on any atom is -0.378 e. The number of Topliss-reactive ketones (excluding diaryl/α,β-unsaturated/α-hetero) is 1. The molecule has 0 aliphatic carbocycles. The first kappa shape index (κ1) is 22.0. The lowest BCUT2D eigenvalue weighted by Crippen LogP contribution is -2.36. The fourth-order valence-electron chi connectivity index (χ4n) is 4.10. The van der Waals surface area contributed by atoms with Crippen molar-refractivity contribution in [2.24, 2.45) is 0 Å². The van der Waals surface area contributed by atoms with Crippen LogP contribution in [-0.2, 0) is 4.74 Å². The summed E-state index contributed by atoms with van der Waals surface area (Å²) in [4.78, 5) is 28.5. The van der Waals surface area contributed by atoms with Crippen LogP contribution in [0.25, 0.3) is 22.6 Å². The van der Waals surface area contributed by atoms with Crippen molar-refractivity contribution < 1.29 is 9.53 Å². The molecule has 1 aliphatic rings. The number of ketones is 1. The number of aromatic nitrogens is 4. The third-order valence-corrected chi connectivity index (χ3v) is 6.01. The quantitative estimate of drug-likeness (QED) is 0.415. The van der Waals surface area contributed by atoms with E-state index in [0.717, 1.165) is 43.2 Å². The molecule has 4 aromatic rings. The number of rotatable bonds is 6. The van der Waals surface area contributed by atoms with E-state index in [1.54, 1.807) is 19.3 Å². The number of carbonyl (C=O) groups excluding carboxylic acids is 1. The maximum absolute atomic E-state index is 11.9. The van der Waals surface area contributed by atoms with Gasteiger partial charge in [-0.15, -0.1) is 0 Å². The number of hydrogen-bond donors (Lipinski definition) is 1. The molecule has 2 aromatic heterocycles. The Hall–Kier alpha value is -3.78. The molecule has 0 unspecified atom stereocenters. The van der Waals surface area contributed by atoms with E-state index >= 15 is 0 Å². The van der Waals surface area contributed by atoms with Crippen LogP contribution in [0.4, 0.5) is 17.2 Å².